The maximum Gasteiger partial charge on any atom is 0.317 e. The number of benzene rings is 4. The summed E-state index contributed by atoms with van der Waals surface area (Å²) in [5.74, 6) is -0.605. The highest BCUT2D eigenvalue weighted by Gasteiger charge is 2.29. The fraction of sp³-hybridized carbons (Fsp3) is 0.167. The summed E-state index contributed by atoms with van der Waals surface area (Å²) in [6.45, 7) is 1.92. The van der Waals surface area contributed by atoms with Crippen molar-refractivity contribution in [1.29, 1.82) is 0 Å². The summed E-state index contributed by atoms with van der Waals surface area (Å²) in [5.41, 5.74) is 5.30. The Labute approximate surface area is 195 Å². The van der Waals surface area contributed by atoms with Crippen molar-refractivity contribution in [3.05, 3.63) is 143 Å². The van der Waals surface area contributed by atoms with Crippen LogP contribution in [0, 0.1) is 0 Å². The summed E-state index contributed by atoms with van der Waals surface area (Å²) in [6.07, 6.45) is 0.888. The van der Waals surface area contributed by atoms with E-state index >= 15 is 0 Å². The number of hydrogen-bond donors (Lipinski definition) is 2. The van der Waals surface area contributed by atoms with Gasteiger partial charge in [-0.05, 0) is 41.2 Å². The lowest BCUT2D eigenvalue weighted by Gasteiger charge is -2.32. The van der Waals surface area contributed by atoms with Crippen molar-refractivity contribution in [1.82, 2.24) is 5.32 Å². The van der Waals surface area contributed by atoms with E-state index in [2.05, 4.69) is 90.2 Å². The molecule has 4 aromatic rings. The van der Waals surface area contributed by atoms with Gasteiger partial charge in [0.1, 0.15) is 0 Å². The fourth-order valence-corrected chi connectivity index (χ4v) is 4.40. The number of carboxylic acid groups (broad SMARTS) is 1. The third-order valence-electron chi connectivity index (χ3n) is 6.32. The first-order valence-corrected chi connectivity index (χ1v) is 11.3. The zero-order valence-electron chi connectivity index (χ0n) is 18.8. The van der Waals surface area contributed by atoms with Gasteiger partial charge in [0, 0.05) is 5.92 Å². The number of rotatable bonds is 9. The standard InChI is InChI=1S/C30H29NO2/c1-30(31-22-29(32)33,26-15-9-4-10-16-26)27-19-17-23(18-20-27)21-28(24-11-5-2-6-12-24)25-13-7-3-8-14-25/h2-20,28,31H,21-22H2,1H3,(H,32,33). The molecule has 0 aliphatic carbocycles. The Morgan fingerprint density at radius 3 is 1.67 bits per heavy atom. The van der Waals surface area contributed by atoms with E-state index in [-0.39, 0.29) is 12.5 Å². The average Bonchev–Trinajstić information content (AvgIpc) is 2.88. The lowest BCUT2D eigenvalue weighted by molar-refractivity contribution is -0.136. The molecule has 33 heavy (non-hydrogen) atoms. The van der Waals surface area contributed by atoms with Gasteiger partial charge < -0.3 is 5.11 Å². The quantitative estimate of drug-likeness (QED) is 0.339. The molecule has 3 nitrogen and oxygen atoms in total. The van der Waals surface area contributed by atoms with Crippen LogP contribution in [0.15, 0.2) is 115 Å². The van der Waals surface area contributed by atoms with Gasteiger partial charge in [0.05, 0.1) is 12.1 Å². The molecule has 1 unspecified atom stereocenters. The molecule has 166 valence electrons. The first kappa shape index (κ1) is 22.5. The van der Waals surface area contributed by atoms with Gasteiger partial charge in [-0.25, -0.2) is 0 Å². The minimum Gasteiger partial charge on any atom is -0.480 e. The van der Waals surface area contributed by atoms with Gasteiger partial charge in [-0.2, -0.15) is 0 Å². The molecule has 0 bridgehead atoms. The Morgan fingerprint density at radius 1 is 0.727 bits per heavy atom. The van der Waals surface area contributed by atoms with Crippen LogP contribution in [-0.2, 0) is 16.8 Å². The molecule has 0 saturated carbocycles. The van der Waals surface area contributed by atoms with Crippen molar-refractivity contribution < 1.29 is 9.90 Å². The van der Waals surface area contributed by atoms with Crippen LogP contribution in [0.5, 0.6) is 0 Å². The highest BCUT2D eigenvalue weighted by atomic mass is 16.4. The summed E-state index contributed by atoms with van der Waals surface area (Å²) in [6, 6.07) is 39.8. The molecule has 0 radical (unpaired) electrons. The van der Waals surface area contributed by atoms with Crippen LogP contribution in [-0.4, -0.2) is 17.6 Å². The summed E-state index contributed by atoms with van der Waals surface area (Å²) in [4.78, 5) is 11.3. The lowest BCUT2D eigenvalue weighted by Crippen LogP contribution is -2.43. The monoisotopic (exact) mass is 435 g/mol. The molecule has 4 rings (SSSR count). The minimum atomic E-state index is -0.873. The molecule has 3 heteroatoms. The topological polar surface area (TPSA) is 49.3 Å². The van der Waals surface area contributed by atoms with E-state index in [0.717, 1.165) is 17.5 Å². The summed E-state index contributed by atoms with van der Waals surface area (Å²) >= 11 is 0. The molecular weight excluding hydrogens is 406 g/mol. The average molecular weight is 436 g/mol. The van der Waals surface area contributed by atoms with Gasteiger partial charge in [0.2, 0.25) is 0 Å². The molecule has 2 N–H and O–H groups in total. The van der Waals surface area contributed by atoms with Gasteiger partial charge in [-0.1, -0.05) is 115 Å². The number of hydrogen-bond acceptors (Lipinski definition) is 2. The predicted octanol–water partition coefficient (Wildman–Crippen LogP) is 6.00. The Kier molecular flexibility index (Phi) is 7.01. The van der Waals surface area contributed by atoms with Gasteiger partial charge in [0.15, 0.2) is 0 Å². The van der Waals surface area contributed by atoms with Crippen LogP contribution in [0.25, 0.3) is 0 Å². The second-order valence-electron chi connectivity index (χ2n) is 8.51. The van der Waals surface area contributed by atoms with E-state index in [9.17, 15) is 9.90 Å². The number of nitrogens with one attached hydrogen (secondary N) is 1. The second-order valence-corrected chi connectivity index (χ2v) is 8.51. The SMILES string of the molecule is CC(NCC(=O)O)(c1ccccc1)c1ccc(CC(c2ccccc2)c2ccccc2)cc1. The first-order valence-electron chi connectivity index (χ1n) is 11.3. The first-order chi connectivity index (χ1) is 16.1. The van der Waals surface area contributed by atoms with E-state index in [4.69, 9.17) is 0 Å². The molecular formula is C30H29NO2. The Hall–Kier alpha value is -3.69. The van der Waals surface area contributed by atoms with Crippen LogP contribution in [0.3, 0.4) is 0 Å². The second kappa shape index (κ2) is 10.3. The van der Waals surface area contributed by atoms with Gasteiger partial charge in [0.25, 0.3) is 0 Å². The number of carbonyl (C=O) groups is 1. The highest BCUT2D eigenvalue weighted by Crippen LogP contribution is 2.32. The zero-order chi connectivity index (χ0) is 23.1. The molecule has 0 spiro atoms. The summed E-state index contributed by atoms with van der Waals surface area (Å²) < 4.78 is 0. The van der Waals surface area contributed by atoms with Crippen LogP contribution in [0.4, 0.5) is 0 Å². The smallest absolute Gasteiger partial charge is 0.317 e. The number of carboxylic acids is 1. The minimum absolute atomic E-state index is 0.114. The van der Waals surface area contributed by atoms with E-state index < -0.39 is 11.5 Å². The van der Waals surface area contributed by atoms with Crippen LogP contribution < -0.4 is 5.32 Å². The molecule has 0 aliphatic rings. The summed E-state index contributed by atoms with van der Waals surface area (Å²) in [7, 11) is 0. The van der Waals surface area contributed by atoms with E-state index in [0.29, 0.717) is 0 Å². The van der Waals surface area contributed by atoms with Crippen LogP contribution in [0.2, 0.25) is 0 Å². The molecule has 1 atom stereocenters. The van der Waals surface area contributed by atoms with Crippen molar-refractivity contribution in [2.75, 3.05) is 6.54 Å². The Bertz CT molecular complexity index is 1120. The van der Waals surface area contributed by atoms with E-state index in [1.54, 1.807) is 0 Å². The third kappa shape index (κ3) is 5.39. The normalized spacial score (nSPS) is 12.9. The van der Waals surface area contributed by atoms with Gasteiger partial charge in [-0.15, -0.1) is 0 Å². The molecule has 0 heterocycles. The molecule has 0 amide bonds. The molecule has 0 aromatic heterocycles. The number of aliphatic carboxylic acids is 1. The van der Waals surface area contributed by atoms with Crippen molar-refractivity contribution in [3.63, 3.8) is 0 Å². The predicted molar refractivity (Wildman–Crippen MR) is 133 cm³/mol. The van der Waals surface area contributed by atoms with Gasteiger partial charge >= 0.3 is 5.97 Å². The molecule has 0 fully saturated rings. The Balaban J connectivity index is 1.64. The highest BCUT2D eigenvalue weighted by molar-refractivity contribution is 5.69. The van der Waals surface area contributed by atoms with Crippen molar-refractivity contribution >= 4 is 5.97 Å². The largest absolute Gasteiger partial charge is 0.480 e. The maximum atomic E-state index is 11.3. The Morgan fingerprint density at radius 2 is 1.18 bits per heavy atom. The lowest BCUT2D eigenvalue weighted by atomic mass is 9.82. The molecule has 4 aromatic carbocycles. The van der Waals surface area contributed by atoms with E-state index in [1.165, 1.54) is 16.7 Å². The van der Waals surface area contributed by atoms with Crippen molar-refractivity contribution in [3.8, 4) is 0 Å². The third-order valence-corrected chi connectivity index (χ3v) is 6.32. The summed E-state index contributed by atoms with van der Waals surface area (Å²) in [5, 5.41) is 12.5. The molecule has 0 aliphatic heterocycles. The van der Waals surface area contributed by atoms with Gasteiger partial charge in [-0.3, -0.25) is 10.1 Å². The maximum absolute atomic E-state index is 11.3. The van der Waals surface area contributed by atoms with Crippen LogP contribution in [0.1, 0.15) is 40.7 Å². The van der Waals surface area contributed by atoms with Crippen molar-refractivity contribution in [2.24, 2.45) is 0 Å². The van der Waals surface area contributed by atoms with E-state index in [1.807, 2.05) is 37.3 Å². The zero-order valence-corrected chi connectivity index (χ0v) is 18.8. The van der Waals surface area contributed by atoms with Crippen LogP contribution >= 0.6 is 0 Å². The van der Waals surface area contributed by atoms with Crippen molar-refractivity contribution in [2.45, 2.75) is 24.8 Å². The fourth-order valence-electron chi connectivity index (χ4n) is 4.40. The molecule has 0 saturated heterocycles.